The number of carbonyl (C=O) groups excluding carboxylic acids is 1. The number of amides is 2. The van der Waals surface area contributed by atoms with Crippen molar-refractivity contribution in [2.45, 2.75) is 44.1 Å². The van der Waals surface area contributed by atoms with Gasteiger partial charge in [-0.05, 0) is 19.9 Å². The van der Waals surface area contributed by atoms with E-state index in [1.54, 1.807) is 0 Å². The number of aliphatic hydroxyl groups is 1. The van der Waals surface area contributed by atoms with Crippen LogP contribution in [0, 0.1) is 0 Å². The highest BCUT2D eigenvalue weighted by molar-refractivity contribution is 7.39. The van der Waals surface area contributed by atoms with Crippen LogP contribution in [0.25, 0.3) is 0 Å². The zero-order chi connectivity index (χ0) is 17.9. The molecule has 7 N–H and O–H groups in total. The third kappa shape index (κ3) is 4.60. The van der Waals surface area contributed by atoms with Crippen LogP contribution in [-0.4, -0.2) is 56.0 Å². The highest BCUT2D eigenvalue weighted by Gasteiger charge is 2.58. The van der Waals surface area contributed by atoms with Gasteiger partial charge in [0.1, 0.15) is 12.2 Å². The second kappa shape index (κ2) is 7.52. The number of nitrogens with zero attached hydrogens (tertiary/aromatic N) is 1. The Morgan fingerprint density at radius 1 is 1.57 bits per heavy atom. The average molecular weight is 353 g/mol. The van der Waals surface area contributed by atoms with Crippen molar-refractivity contribution < 1.29 is 33.3 Å². The summed E-state index contributed by atoms with van der Waals surface area (Å²) in [7, 11) is -2.72. The summed E-state index contributed by atoms with van der Waals surface area (Å²) in [5.41, 5.74) is 8.24. The number of urea groups is 1. The van der Waals surface area contributed by atoms with Gasteiger partial charge in [-0.15, -0.1) is 0 Å². The predicted octanol–water partition coefficient (Wildman–Crippen LogP) is -0.216. The minimum absolute atomic E-state index is 0.0924. The van der Waals surface area contributed by atoms with Gasteiger partial charge in [0.05, 0.1) is 6.10 Å². The Hall–Kier alpha value is -1.29. The number of hydrogen-bond acceptors (Lipinski definition) is 7. The van der Waals surface area contributed by atoms with E-state index in [2.05, 4.69) is 6.58 Å². The molecule has 1 saturated heterocycles. The molecule has 1 heterocycles. The second-order valence-electron chi connectivity index (χ2n) is 5.25. The topological polar surface area (TPSA) is 152 Å². The number of rotatable bonds is 6. The van der Waals surface area contributed by atoms with Crippen molar-refractivity contribution in [1.82, 2.24) is 4.90 Å². The molecule has 11 heteroatoms. The van der Waals surface area contributed by atoms with Crippen LogP contribution in [0.15, 0.2) is 24.6 Å². The summed E-state index contributed by atoms with van der Waals surface area (Å²) in [5.74, 6) is 0. The van der Waals surface area contributed by atoms with Gasteiger partial charge in [0.15, 0.2) is 11.9 Å². The molecule has 1 rings (SSSR count). The third-order valence-electron chi connectivity index (χ3n) is 3.34. The van der Waals surface area contributed by atoms with E-state index in [4.69, 9.17) is 30.5 Å². The molecule has 132 valence electrons. The maximum absolute atomic E-state index is 14.9. The summed E-state index contributed by atoms with van der Waals surface area (Å²) >= 11 is 0. The number of halogens is 1. The van der Waals surface area contributed by atoms with Gasteiger partial charge in [0, 0.05) is 11.9 Å². The van der Waals surface area contributed by atoms with Gasteiger partial charge < -0.3 is 35.6 Å². The Labute approximate surface area is 134 Å². The van der Waals surface area contributed by atoms with E-state index in [0.29, 0.717) is 4.90 Å². The van der Waals surface area contributed by atoms with Crippen molar-refractivity contribution in [3.63, 3.8) is 0 Å². The van der Waals surface area contributed by atoms with E-state index in [1.165, 1.54) is 13.0 Å². The van der Waals surface area contributed by atoms with Crippen LogP contribution in [0.3, 0.4) is 0 Å². The SMILES string of the molecule is C=C(N)/C=C\N(C(N)=O)[C@@H]1O[C@H]([C@H](C)OP(O)O)[C@@H](O)[C@]1(C)F. The molecule has 0 saturated carbocycles. The lowest BCUT2D eigenvalue weighted by Crippen LogP contribution is -2.51. The number of carbonyl (C=O) groups is 1. The first kappa shape index (κ1) is 19.8. The van der Waals surface area contributed by atoms with Crippen LogP contribution in [0.2, 0.25) is 0 Å². The fourth-order valence-electron chi connectivity index (χ4n) is 2.18. The normalized spacial score (nSPS) is 32.4. The number of ether oxygens (including phenoxy) is 1. The summed E-state index contributed by atoms with van der Waals surface area (Å²) in [6.07, 6.45) is -3.27. The largest absolute Gasteiger partial charge is 0.399 e. The first-order valence-electron chi connectivity index (χ1n) is 6.56. The standard InChI is InChI=1S/C12H21FN3O6P/c1-6(14)4-5-16(11(15)18)10-12(3,13)9(17)8(21-10)7(2)22-23(19)20/h4-5,7-10,17,19-20H,1,14H2,2-3H3,(H2,15,18)/b5-4-/t7-,8+,9+,10+,12-/m0/s1. The molecule has 5 atom stereocenters. The molecule has 0 aromatic carbocycles. The van der Waals surface area contributed by atoms with Crippen LogP contribution < -0.4 is 11.5 Å². The monoisotopic (exact) mass is 353 g/mol. The van der Waals surface area contributed by atoms with Crippen molar-refractivity contribution in [3.8, 4) is 0 Å². The number of primary amides is 1. The Kier molecular flexibility index (Phi) is 6.46. The number of allylic oxidation sites excluding steroid dienone is 1. The summed E-state index contributed by atoms with van der Waals surface area (Å²) in [5, 5.41) is 10.1. The van der Waals surface area contributed by atoms with Crippen LogP contribution >= 0.6 is 8.60 Å². The minimum Gasteiger partial charge on any atom is -0.399 e. The third-order valence-corrected chi connectivity index (χ3v) is 3.86. The molecule has 1 fully saturated rings. The summed E-state index contributed by atoms with van der Waals surface area (Å²) in [4.78, 5) is 30.0. The molecule has 0 unspecified atom stereocenters. The second-order valence-corrected chi connectivity index (χ2v) is 5.96. The fourth-order valence-corrected chi connectivity index (χ4v) is 2.60. The maximum Gasteiger partial charge on any atom is 0.327 e. The molecular weight excluding hydrogens is 332 g/mol. The predicted molar refractivity (Wildman–Crippen MR) is 80.0 cm³/mol. The van der Waals surface area contributed by atoms with Gasteiger partial charge in [-0.3, -0.25) is 4.90 Å². The fraction of sp³-hybridized carbons (Fsp3) is 0.583. The zero-order valence-corrected chi connectivity index (χ0v) is 13.6. The first-order chi connectivity index (χ1) is 10.5. The average Bonchev–Trinajstić information content (AvgIpc) is 2.61. The van der Waals surface area contributed by atoms with Crippen molar-refractivity contribution in [2.75, 3.05) is 0 Å². The lowest BCUT2D eigenvalue weighted by Gasteiger charge is -2.30. The van der Waals surface area contributed by atoms with Gasteiger partial charge in [0.25, 0.3) is 0 Å². The van der Waals surface area contributed by atoms with Crippen molar-refractivity contribution >= 4 is 14.6 Å². The number of alkyl halides is 1. The maximum atomic E-state index is 14.9. The van der Waals surface area contributed by atoms with Gasteiger partial charge in [-0.25, -0.2) is 9.18 Å². The summed E-state index contributed by atoms with van der Waals surface area (Å²) in [6.45, 7) is 5.78. The van der Waals surface area contributed by atoms with E-state index < -0.39 is 44.8 Å². The molecule has 0 spiro atoms. The van der Waals surface area contributed by atoms with Crippen LogP contribution in [0.5, 0.6) is 0 Å². The quantitative estimate of drug-likeness (QED) is 0.327. The van der Waals surface area contributed by atoms with Gasteiger partial charge in [-0.1, -0.05) is 6.58 Å². The first-order valence-corrected chi connectivity index (χ1v) is 7.72. The molecule has 0 bridgehead atoms. The Bertz CT molecular complexity index is 489. The summed E-state index contributed by atoms with van der Waals surface area (Å²) < 4.78 is 24.9. The molecule has 1 aliphatic rings. The molecule has 9 nitrogen and oxygen atoms in total. The zero-order valence-electron chi connectivity index (χ0n) is 12.7. The molecule has 0 aromatic heterocycles. The number of hydrogen-bond donors (Lipinski definition) is 5. The van der Waals surface area contributed by atoms with Crippen molar-refractivity contribution in [3.05, 3.63) is 24.6 Å². The van der Waals surface area contributed by atoms with E-state index in [-0.39, 0.29) is 5.70 Å². The Balaban J connectivity index is 3.05. The van der Waals surface area contributed by atoms with Crippen molar-refractivity contribution in [1.29, 1.82) is 0 Å². The van der Waals surface area contributed by atoms with Crippen LogP contribution in [0.1, 0.15) is 13.8 Å². The molecule has 0 radical (unpaired) electrons. The molecule has 1 aliphatic heterocycles. The minimum atomic E-state index is -2.72. The van der Waals surface area contributed by atoms with Crippen molar-refractivity contribution in [2.24, 2.45) is 11.5 Å². The highest BCUT2D eigenvalue weighted by Crippen LogP contribution is 2.40. The molecular formula is C12H21FN3O6P. The smallest absolute Gasteiger partial charge is 0.327 e. The van der Waals surface area contributed by atoms with E-state index >= 15 is 0 Å². The molecule has 23 heavy (non-hydrogen) atoms. The number of nitrogens with two attached hydrogens (primary N) is 2. The lowest BCUT2D eigenvalue weighted by molar-refractivity contribution is -0.0849. The number of aliphatic hydroxyl groups excluding tert-OH is 1. The molecule has 2 amide bonds. The van der Waals surface area contributed by atoms with Crippen LogP contribution in [-0.2, 0) is 9.26 Å². The van der Waals surface area contributed by atoms with E-state index in [1.807, 2.05) is 0 Å². The van der Waals surface area contributed by atoms with Gasteiger partial charge >= 0.3 is 14.6 Å². The van der Waals surface area contributed by atoms with Gasteiger partial charge in [-0.2, -0.15) is 0 Å². The summed E-state index contributed by atoms with van der Waals surface area (Å²) in [6, 6.07) is -1.04. The highest BCUT2D eigenvalue weighted by atomic mass is 31.2. The molecule has 0 aliphatic carbocycles. The van der Waals surface area contributed by atoms with Crippen LogP contribution in [0.4, 0.5) is 9.18 Å². The van der Waals surface area contributed by atoms with E-state index in [0.717, 1.165) is 13.1 Å². The van der Waals surface area contributed by atoms with E-state index in [9.17, 15) is 14.3 Å². The Morgan fingerprint density at radius 3 is 2.57 bits per heavy atom. The molecule has 0 aromatic rings. The lowest BCUT2D eigenvalue weighted by atomic mass is 9.96. The van der Waals surface area contributed by atoms with Gasteiger partial charge in [0.2, 0.25) is 0 Å². The Morgan fingerprint density at radius 2 is 2.13 bits per heavy atom.